The minimum Gasteiger partial charge on any atom is -0.545 e. The molecule has 0 N–H and O–H groups in total. The Morgan fingerprint density at radius 3 is 1.88 bits per heavy atom. The van der Waals surface area contributed by atoms with Crippen LogP contribution >= 0.6 is 23.2 Å². The molecule has 0 rings (SSSR count). The molecule has 0 heterocycles. The van der Waals surface area contributed by atoms with Crippen LogP contribution in [0.3, 0.4) is 0 Å². The average molecular weight is 154 g/mol. The maximum atomic E-state index is 9.80. The van der Waals surface area contributed by atoms with Crippen molar-refractivity contribution in [2.75, 3.05) is 0 Å². The molecule has 0 aromatic heterocycles. The first-order valence-electron chi connectivity index (χ1n) is 1.79. The maximum absolute atomic E-state index is 9.80. The normalized spacial score (nSPS) is 8.38. The van der Waals surface area contributed by atoms with Crippen LogP contribution in [-0.4, -0.2) is 5.97 Å². The van der Waals surface area contributed by atoms with E-state index in [2.05, 4.69) is 0 Å². The zero-order valence-corrected chi connectivity index (χ0v) is 5.58. The van der Waals surface area contributed by atoms with E-state index in [0.717, 1.165) is 0 Å². The Hall–Kier alpha value is -0.210. The topological polar surface area (TPSA) is 40.1 Å². The van der Waals surface area contributed by atoms with E-state index in [4.69, 9.17) is 23.2 Å². The van der Waals surface area contributed by atoms with Gasteiger partial charge in [0.1, 0.15) is 4.49 Å². The third-order valence-corrected chi connectivity index (χ3v) is 1.16. The van der Waals surface area contributed by atoms with Crippen LogP contribution in [-0.2, 0) is 4.79 Å². The van der Waals surface area contributed by atoms with E-state index in [1.807, 2.05) is 0 Å². The number of hydrogen-bond donors (Lipinski definition) is 0. The van der Waals surface area contributed by atoms with E-state index in [1.165, 1.54) is 6.92 Å². The van der Waals surface area contributed by atoms with Gasteiger partial charge < -0.3 is 9.90 Å². The van der Waals surface area contributed by atoms with Crippen molar-refractivity contribution < 1.29 is 9.90 Å². The largest absolute Gasteiger partial charge is 0.545 e. The summed E-state index contributed by atoms with van der Waals surface area (Å²) < 4.78 is -0.259. The van der Waals surface area contributed by atoms with E-state index in [0.29, 0.717) is 0 Å². The average Bonchev–Trinajstić information content (AvgIpc) is 1.64. The van der Waals surface area contributed by atoms with Crippen molar-refractivity contribution in [3.8, 4) is 0 Å². The second-order valence-corrected chi connectivity index (χ2v) is 2.12. The molecule has 0 saturated carbocycles. The Kier molecular flexibility index (Phi) is 2.87. The molecule has 4 heteroatoms. The number of rotatable bonds is 1. The fourth-order valence-electron chi connectivity index (χ4n) is 0.0772. The molecule has 0 aliphatic heterocycles. The summed E-state index contributed by atoms with van der Waals surface area (Å²) >= 11 is 10.1. The van der Waals surface area contributed by atoms with Crippen LogP contribution in [0.25, 0.3) is 0 Å². The first-order chi connectivity index (χ1) is 3.55. The number of hydrogen-bond acceptors (Lipinski definition) is 2. The van der Waals surface area contributed by atoms with E-state index >= 15 is 0 Å². The lowest BCUT2D eigenvalue weighted by Gasteiger charge is -1.98. The lowest BCUT2D eigenvalue weighted by atomic mass is 10.4. The summed E-state index contributed by atoms with van der Waals surface area (Å²) in [6, 6.07) is 0. The number of aliphatic carboxylic acids is 1. The maximum Gasteiger partial charge on any atom is 0.111 e. The number of carboxylic acids is 1. The number of carboxylic acid groups (broad SMARTS) is 1. The van der Waals surface area contributed by atoms with E-state index < -0.39 is 5.97 Å². The summed E-state index contributed by atoms with van der Waals surface area (Å²) in [7, 11) is 0. The van der Waals surface area contributed by atoms with Crippen molar-refractivity contribution in [3.63, 3.8) is 0 Å². The molecule has 0 aromatic rings. The summed E-state index contributed by atoms with van der Waals surface area (Å²) in [6.45, 7) is 1.27. The summed E-state index contributed by atoms with van der Waals surface area (Å²) in [5.74, 6) is -1.34. The van der Waals surface area contributed by atoms with Gasteiger partial charge in [0.25, 0.3) is 0 Å². The van der Waals surface area contributed by atoms with Crippen LogP contribution in [0.2, 0.25) is 0 Å². The molecule has 0 amide bonds. The van der Waals surface area contributed by atoms with Gasteiger partial charge in [-0.1, -0.05) is 23.2 Å². The predicted octanol–water partition coefficient (Wildman–Crippen LogP) is 0.445. The van der Waals surface area contributed by atoms with Crippen LogP contribution < -0.4 is 5.11 Å². The molecule has 0 unspecified atom stereocenters. The number of halogens is 2. The first kappa shape index (κ1) is 7.79. The Morgan fingerprint density at radius 1 is 1.50 bits per heavy atom. The van der Waals surface area contributed by atoms with E-state index in [1.54, 1.807) is 0 Å². The van der Waals surface area contributed by atoms with Crippen LogP contribution in [0, 0.1) is 0 Å². The minimum absolute atomic E-state index is 0.145. The molecular weight excluding hydrogens is 151 g/mol. The van der Waals surface area contributed by atoms with Crippen molar-refractivity contribution in [2.45, 2.75) is 6.92 Å². The zero-order chi connectivity index (χ0) is 6.73. The van der Waals surface area contributed by atoms with Crippen molar-refractivity contribution in [1.82, 2.24) is 0 Å². The van der Waals surface area contributed by atoms with Crippen LogP contribution in [0.15, 0.2) is 10.1 Å². The first-order valence-corrected chi connectivity index (χ1v) is 2.54. The summed E-state index contributed by atoms with van der Waals surface area (Å²) in [5.41, 5.74) is -0.145. The van der Waals surface area contributed by atoms with Gasteiger partial charge in [0, 0.05) is 5.57 Å². The highest BCUT2D eigenvalue weighted by molar-refractivity contribution is 6.57. The molecular formula is C4H3Cl2O2-. The zero-order valence-electron chi connectivity index (χ0n) is 4.07. The molecule has 0 aliphatic carbocycles. The van der Waals surface area contributed by atoms with Crippen LogP contribution in [0.4, 0.5) is 0 Å². The van der Waals surface area contributed by atoms with Gasteiger partial charge >= 0.3 is 0 Å². The Labute approximate surface area is 56.7 Å². The number of carbonyl (C=O) groups excluding carboxylic acids is 1. The van der Waals surface area contributed by atoms with E-state index in [9.17, 15) is 9.90 Å². The predicted molar refractivity (Wildman–Crippen MR) is 29.4 cm³/mol. The summed E-state index contributed by atoms with van der Waals surface area (Å²) in [5, 5.41) is 9.80. The molecule has 0 bridgehead atoms. The fourth-order valence-corrected chi connectivity index (χ4v) is 0.231. The number of carbonyl (C=O) groups is 1. The van der Waals surface area contributed by atoms with Gasteiger partial charge in [-0.3, -0.25) is 0 Å². The summed E-state index contributed by atoms with van der Waals surface area (Å²) in [6.07, 6.45) is 0. The fraction of sp³-hybridized carbons (Fsp3) is 0.250. The Balaban J connectivity index is 4.23. The molecule has 0 aromatic carbocycles. The highest BCUT2D eigenvalue weighted by Gasteiger charge is 1.93. The molecule has 0 aliphatic rings. The minimum atomic E-state index is -1.34. The SMILES string of the molecule is CC(C(=O)[O-])=C(Cl)Cl. The molecule has 0 fully saturated rings. The Morgan fingerprint density at radius 2 is 1.88 bits per heavy atom. The standard InChI is InChI=1S/C4H4Cl2O2/c1-2(3(5)6)4(7)8/h1H3,(H,7,8)/p-1. The highest BCUT2D eigenvalue weighted by atomic mass is 35.5. The third kappa shape index (κ3) is 2.19. The molecule has 0 saturated heterocycles. The van der Waals surface area contributed by atoms with Crippen LogP contribution in [0.1, 0.15) is 6.92 Å². The summed E-state index contributed by atoms with van der Waals surface area (Å²) in [4.78, 5) is 9.80. The van der Waals surface area contributed by atoms with E-state index in [-0.39, 0.29) is 10.1 Å². The van der Waals surface area contributed by atoms with Crippen molar-refractivity contribution in [1.29, 1.82) is 0 Å². The molecule has 8 heavy (non-hydrogen) atoms. The van der Waals surface area contributed by atoms with Gasteiger partial charge in [0.2, 0.25) is 0 Å². The van der Waals surface area contributed by atoms with Gasteiger partial charge in [0.05, 0.1) is 5.97 Å². The quantitative estimate of drug-likeness (QED) is 0.514. The lowest BCUT2D eigenvalue weighted by Crippen LogP contribution is -2.23. The molecule has 0 radical (unpaired) electrons. The smallest absolute Gasteiger partial charge is 0.111 e. The molecule has 2 nitrogen and oxygen atoms in total. The monoisotopic (exact) mass is 153 g/mol. The second-order valence-electron chi connectivity index (χ2n) is 1.17. The third-order valence-electron chi connectivity index (χ3n) is 0.590. The van der Waals surface area contributed by atoms with Gasteiger partial charge in [-0.2, -0.15) is 0 Å². The molecule has 0 spiro atoms. The van der Waals surface area contributed by atoms with Crippen molar-refractivity contribution in [3.05, 3.63) is 10.1 Å². The van der Waals surface area contributed by atoms with Gasteiger partial charge in [-0.05, 0) is 6.92 Å². The molecule has 46 valence electrons. The lowest BCUT2D eigenvalue weighted by molar-refractivity contribution is -0.299. The Bertz CT molecular complexity index is 135. The molecule has 0 atom stereocenters. The van der Waals surface area contributed by atoms with Gasteiger partial charge in [0.15, 0.2) is 0 Å². The van der Waals surface area contributed by atoms with Crippen molar-refractivity contribution >= 4 is 29.2 Å². The van der Waals surface area contributed by atoms with Gasteiger partial charge in [-0.25, -0.2) is 0 Å². The van der Waals surface area contributed by atoms with Crippen LogP contribution in [0.5, 0.6) is 0 Å². The second kappa shape index (κ2) is 2.95. The van der Waals surface area contributed by atoms with Gasteiger partial charge in [-0.15, -0.1) is 0 Å². The van der Waals surface area contributed by atoms with Crippen molar-refractivity contribution in [2.24, 2.45) is 0 Å². The highest BCUT2D eigenvalue weighted by Crippen LogP contribution is 2.11.